The number of fused-ring (bicyclic) bond motifs is 1. The van der Waals surface area contributed by atoms with Gasteiger partial charge in [0.2, 0.25) is 0 Å². The van der Waals surface area contributed by atoms with Crippen LogP contribution in [-0.2, 0) is 18.8 Å². The van der Waals surface area contributed by atoms with Gasteiger partial charge in [0, 0.05) is 6.42 Å². The normalized spacial score (nSPS) is 14.4. The Hall–Kier alpha value is -2.24. The second kappa shape index (κ2) is 6.98. The van der Waals surface area contributed by atoms with Crippen LogP contribution in [0.5, 0.6) is 0 Å². The zero-order chi connectivity index (χ0) is 20.9. The topological polar surface area (TPSA) is 0 Å². The molecule has 0 aromatic heterocycles. The Bertz CT molecular complexity index is 897. The van der Waals surface area contributed by atoms with Gasteiger partial charge in [-0.1, -0.05) is 44.6 Å². The first-order valence-electron chi connectivity index (χ1n) is 8.94. The monoisotopic (exact) mass is 397 g/mol. The van der Waals surface area contributed by atoms with Crippen molar-refractivity contribution in [2.75, 3.05) is 0 Å². The van der Waals surface area contributed by atoms with Crippen LogP contribution in [0.25, 0.3) is 17.2 Å². The minimum atomic E-state index is -4.87. The first-order valence-corrected chi connectivity index (χ1v) is 8.94. The van der Waals surface area contributed by atoms with Crippen LogP contribution >= 0.6 is 0 Å². The summed E-state index contributed by atoms with van der Waals surface area (Å²) in [6.07, 6.45) is -5.45. The van der Waals surface area contributed by atoms with E-state index >= 15 is 0 Å². The third kappa shape index (κ3) is 3.82. The Labute approximate surface area is 159 Å². The Kier molecular flexibility index (Phi) is 5.11. The molecule has 0 saturated carbocycles. The number of benzene rings is 2. The maximum absolute atomic E-state index is 13.3. The van der Waals surface area contributed by atoms with Gasteiger partial charge < -0.3 is 0 Å². The largest absolute Gasteiger partial charge is 0.416 e. The average molecular weight is 397 g/mol. The number of aryl methyl sites for hydroxylation is 1. The summed E-state index contributed by atoms with van der Waals surface area (Å²) in [5.41, 5.74) is 0.957. The first-order chi connectivity index (χ1) is 12.9. The standard InChI is InChI=1S/C22H19F6/c1-4-13-5-6-14-7-15(12(2)3)10-19(14)20(13)16-8-17(21(23,24)25)11-18(9-16)22(26,27)28/h5-12H,4H2,1-3H3. The Morgan fingerprint density at radius 2 is 1.43 bits per heavy atom. The van der Waals surface area contributed by atoms with Crippen LogP contribution in [-0.4, -0.2) is 0 Å². The average Bonchev–Trinajstić information content (AvgIpc) is 3.03. The van der Waals surface area contributed by atoms with E-state index < -0.39 is 23.5 Å². The van der Waals surface area contributed by atoms with E-state index in [9.17, 15) is 26.3 Å². The molecular weight excluding hydrogens is 378 g/mol. The Balaban J connectivity index is 2.31. The molecule has 0 amide bonds. The molecule has 2 aromatic carbocycles. The molecule has 28 heavy (non-hydrogen) atoms. The van der Waals surface area contributed by atoms with Crippen molar-refractivity contribution in [2.45, 2.75) is 39.5 Å². The van der Waals surface area contributed by atoms with E-state index in [1.807, 2.05) is 39.3 Å². The third-order valence-electron chi connectivity index (χ3n) is 4.92. The summed E-state index contributed by atoms with van der Waals surface area (Å²) in [4.78, 5) is 0. The molecule has 149 valence electrons. The summed E-state index contributed by atoms with van der Waals surface area (Å²) < 4.78 is 79.7. The highest BCUT2D eigenvalue weighted by Crippen LogP contribution is 2.43. The van der Waals surface area contributed by atoms with E-state index in [4.69, 9.17) is 0 Å². The van der Waals surface area contributed by atoms with Gasteiger partial charge in [-0.2, -0.15) is 26.3 Å². The van der Waals surface area contributed by atoms with Crippen LogP contribution in [0.15, 0.2) is 35.9 Å². The molecule has 0 fully saturated rings. The number of alkyl halides is 6. The molecule has 0 heterocycles. The predicted octanol–water partition coefficient (Wildman–Crippen LogP) is 7.56. The molecule has 0 nitrogen and oxygen atoms in total. The number of rotatable bonds is 3. The van der Waals surface area contributed by atoms with Crippen molar-refractivity contribution in [3.8, 4) is 11.1 Å². The summed E-state index contributed by atoms with van der Waals surface area (Å²) in [5.74, 6) is 0.192. The maximum Gasteiger partial charge on any atom is 0.416 e. The quantitative estimate of drug-likeness (QED) is 0.469. The van der Waals surface area contributed by atoms with E-state index in [1.165, 1.54) is 0 Å². The molecule has 0 saturated heterocycles. The number of halogens is 6. The Morgan fingerprint density at radius 1 is 0.857 bits per heavy atom. The predicted molar refractivity (Wildman–Crippen MR) is 97.5 cm³/mol. The SMILES string of the molecule is CCc1ccc2c(c1-c1cc(C(F)(F)F)cc(C(F)(F)F)c1)C=C(C(C)C)[CH]2. The van der Waals surface area contributed by atoms with Crippen LogP contribution < -0.4 is 0 Å². The summed E-state index contributed by atoms with van der Waals surface area (Å²) in [7, 11) is 0. The fourth-order valence-corrected chi connectivity index (χ4v) is 3.42. The van der Waals surface area contributed by atoms with Gasteiger partial charge in [-0.3, -0.25) is 0 Å². The van der Waals surface area contributed by atoms with Gasteiger partial charge in [0.15, 0.2) is 0 Å². The zero-order valence-corrected chi connectivity index (χ0v) is 15.6. The molecule has 0 aliphatic heterocycles. The molecule has 2 aromatic rings. The molecule has 0 atom stereocenters. The molecule has 0 spiro atoms. The summed E-state index contributed by atoms with van der Waals surface area (Å²) >= 11 is 0. The van der Waals surface area contributed by atoms with Gasteiger partial charge in [-0.15, -0.1) is 0 Å². The summed E-state index contributed by atoms with van der Waals surface area (Å²) in [5, 5.41) is 0. The third-order valence-corrected chi connectivity index (χ3v) is 4.92. The van der Waals surface area contributed by atoms with Crippen LogP contribution in [0.1, 0.15) is 48.6 Å². The van der Waals surface area contributed by atoms with E-state index in [0.29, 0.717) is 23.1 Å². The summed E-state index contributed by atoms with van der Waals surface area (Å²) in [6.45, 7) is 5.80. The molecule has 1 radical (unpaired) electrons. The molecular formula is C22H19F6. The van der Waals surface area contributed by atoms with Crippen LogP contribution in [0.3, 0.4) is 0 Å². The lowest BCUT2D eigenvalue weighted by atomic mass is 9.89. The smallest absolute Gasteiger partial charge is 0.166 e. The minimum absolute atomic E-state index is 0.0643. The lowest BCUT2D eigenvalue weighted by molar-refractivity contribution is -0.143. The molecule has 0 bridgehead atoms. The van der Waals surface area contributed by atoms with Gasteiger partial charge in [0.1, 0.15) is 0 Å². The molecule has 6 heteroatoms. The van der Waals surface area contributed by atoms with Crippen LogP contribution in [0.2, 0.25) is 0 Å². The highest BCUT2D eigenvalue weighted by Gasteiger charge is 2.37. The number of hydrogen-bond donors (Lipinski definition) is 0. The molecule has 1 aliphatic carbocycles. The van der Waals surface area contributed by atoms with E-state index in [-0.39, 0.29) is 17.5 Å². The molecule has 0 N–H and O–H groups in total. The van der Waals surface area contributed by atoms with Gasteiger partial charge in [0.05, 0.1) is 11.1 Å². The fraction of sp³-hybridized carbons (Fsp3) is 0.318. The molecule has 3 rings (SSSR count). The van der Waals surface area contributed by atoms with Gasteiger partial charge in [-0.25, -0.2) is 0 Å². The van der Waals surface area contributed by atoms with E-state index in [0.717, 1.165) is 23.3 Å². The maximum atomic E-state index is 13.3. The molecule has 1 aliphatic rings. The lowest BCUT2D eigenvalue weighted by Crippen LogP contribution is -2.11. The lowest BCUT2D eigenvalue weighted by Gasteiger charge is -2.18. The van der Waals surface area contributed by atoms with Crippen molar-refractivity contribution in [1.82, 2.24) is 0 Å². The van der Waals surface area contributed by atoms with Crippen molar-refractivity contribution in [1.29, 1.82) is 0 Å². The van der Waals surface area contributed by atoms with Crippen molar-refractivity contribution in [2.24, 2.45) is 5.92 Å². The van der Waals surface area contributed by atoms with Gasteiger partial charge in [0.25, 0.3) is 0 Å². The molecule has 0 unspecified atom stereocenters. The van der Waals surface area contributed by atoms with E-state index in [2.05, 4.69) is 0 Å². The number of hydrogen-bond acceptors (Lipinski definition) is 0. The van der Waals surface area contributed by atoms with Crippen molar-refractivity contribution in [3.63, 3.8) is 0 Å². The van der Waals surface area contributed by atoms with Crippen molar-refractivity contribution >= 4 is 6.08 Å². The van der Waals surface area contributed by atoms with Gasteiger partial charge >= 0.3 is 12.4 Å². The van der Waals surface area contributed by atoms with Crippen LogP contribution in [0.4, 0.5) is 26.3 Å². The highest BCUT2D eigenvalue weighted by molar-refractivity contribution is 5.86. The van der Waals surface area contributed by atoms with Crippen molar-refractivity contribution in [3.05, 3.63) is 70.1 Å². The highest BCUT2D eigenvalue weighted by atomic mass is 19.4. The van der Waals surface area contributed by atoms with Crippen molar-refractivity contribution < 1.29 is 26.3 Å². The summed E-state index contributed by atoms with van der Waals surface area (Å²) in [6, 6.07) is 5.42. The minimum Gasteiger partial charge on any atom is -0.166 e. The first kappa shape index (κ1) is 20.5. The zero-order valence-electron chi connectivity index (χ0n) is 15.6. The van der Waals surface area contributed by atoms with Gasteiger partial charge in [-0.05, 0) is 58.4 Å². The van der Waals surface area contributed by atoms with E-state index in [1.54, 1.807) is 6.07 Å². The fourth-order valence-electron chi connectivity index (χ4n) is 3.42. The number of allylic oxidation sites excluding steroid dienone is 1. The second-order valence-electron chi connectivity index (χ2n) is 7.19. The Morgan fingerprint density at radius 3 is 1.89 bits per heavy atom. The van der Waals surface area contributed by atoms with Crippen LogP contribution in [0, 0.1) is 12.3 Å². The second-order valence-corrected chi connectivity index (χ2v) is 7.19.